The summed E-state index contributed by atoms with van der Waals surface area (Å²) in [4.78, 5) is 0. The van der Waals surface area contributed by atoms with Crippen LogP contribution in [0.15, 0.2) is 24.3 Å². The maximum Gasteiger partial charge on any atom is 0.215 e. The van der Waals surface area contributed by atoms with Gasteiger partial charge in [0.15, 0.2) is 0 Å². The van der Waals surface area contributed by atoms with Crippen molar-refractivity contribution < 1.29 is 17.9 Å². The second-order valence-corrected chi connectivity index (χ2v) is 7.02. The summed E-state index contributed by atoms with van der Waals surface area (Å²) < 4.78 is 39.0. The van der Waals surface area contributed by atoms with Gasteiger partial charge in [0.25, 0.3) is 0 Å². The Balaban J connectivity index is 0.00000220. The summed E-state index contributed by atoms with van der Waals surface area (Å²) in [6, 6.07) is 5.32. The van der Waals surface area contributed by atoms with Crippen molar-refractivity contribution in [3.63, 3.8) is 0 Å². The molecule has 1 aromatic rings. The quantitative estimate of drug-likeness (QED) is 0.741. The van der Waals surface area contributed by atoms with Crippen LogP contribution in [-0.4, -0.2) is 38.8 Å². The Kier molecular flexibility index (Phi) is 6.55. The number of sulfonamides is 1. The van der Waals surface area contributed by atoms with Crippen LogP contribution in [0.5, 0.6) is 0 Å². The normalized spacial score (nSPS) is 22.6. The van der Waals surface area contributed by atoms with Crippen LogP contribution < -0.4 is 10.0 Å². The highest BCUT2D eigenvalue weighted by atomic mass is 35.5. The third-order valence-electron chi connectivity index (χ3n) is 3.34. The number of aliphatic hydroxyl groups is 1. The molecule has 1 aliphatic rings. The molecular formula is C13H20ClFN2O3S. The summed E-state index contributed by atoms with van der Waals surface area (Å²) in [6.07, 6.45) is 1.38. The van der Waals surface area contributed by atoms with Crippen LogP contribution >= 0.6 is 12.4 Å². The molecule has 1 heterocycles. The van der Waals surface area contributed by atoms with E-state index in [4.69, 9.17) is 0 Å². The van der Waals surface area contributed by atoms with Crippen molar-refractivity contribution >= 4 is 22.4 Å². The number of nitrogens with one attached hydrogen (secondary N) is 2. The van der Waals surface area contributed by atoms with Gasteiger partial charge in [-0.15, -0.1) is 12.4 Å². The number of hydrogen-bond donors (Lipinski definition) is 3. The number of halogens is 2. The lowest BCUT2D eigenvalue weighted by Gasteiger charge is -2.32. The Hall–Kier alpha value is -0.730. The predicted octanol–water partition coefficient (Wildman–Crippen LogP) is 0.781. The van der Waals surface area contributed by atoms with E-state index in [1.165, 1.54) is 24.3 Å². The number of benzene rings is 1. The molecule has 0 amide bonds. The molecule has 8 heteroatoms. The summed E-state index contributed by atoms with van der Waals surface area (Å²) in [5.41, 5.74) is -0.527. The van der Waals surface area contributed by atoms with Gasteiger partial charge in [-0.1, -0.05) is 12.1 Å². The van der Waals surface area contributed by atoms with Crippen molar-refractivity contribution in [2.24, 2.45) is 0 Å². The first-order chi connectivity index (χ1) is 9.39. The minimum atomic E-state index is -3.55. The average molecular weight is 339 g/mol. The Morgan fingerprint density at radius 3 is 2.57 bits per heavy atom. The fourth-order valence-electron chi connectivity index (χ4n) is 2.20. The minimum absolute atomic E-state index is 0. The Morgan fingerprint density at radius 1 is 1.33 bits per heavy atom. The molecule has 1 fully saturated rings. The highest BCUT2D eigenvalue weighted by molar-refractivity contribution is 7.88. The van der Waals surface area contributed by atoms with Gasteiger partial charge in [-0.2, -0.15) is 0 Å². The van der Waals surface area contributed by atoms with E-state index in [2.05, 4.69) is 10.0 Å². The molecule has 0 saturated carbocycles. The largest absolute Gasteiger partial charge is 0.387 e. The first kappa shape index (κ1) is 18.3. The standard InChI is InChI=1S/C13H19FN2O3S.ClH/c14-12-4-2-11(3-5-12)8-20(18,19)16-10-13(17)6-1-7-15-9-13;/h2-5,15-17H,1,6-10H2;1H. The van der Waals surface area contributed by atoms with E-state index in [1.54, 1.807) is 0 Å². The van der Waals surface area contributed by atoms with Crippen LogP contribution in [0, 0.1) is 5.82 Å². The van der Waals surface area contributed by atoms with Gasteiger partial charge < -0.3 is 10.4 Å². The lowest BCUT2D eigenvalue weighted by molar-refractivity contribution is 0.0218. The zero-order valence-electron chi connectivity index (χ0n) is 11.5. The molecule has 0 bridgehead atoms. The van der Waals surface area contributed by atoms with E-state index in [0.29, 0.717) is 18.5 Å². The number of piperidine rings is 1. The molecule has 2 rings (SSSR count). The van der Waals surface area contributed by atoms with Crippen molar-refractivity contribution in [1.82, 2.24) is 10.0 Å². The van der Waals surface area contributed by atoms with Crippen LogP contribution in [0.4, 0.5) is 4.39 Å². The fourth-order valence-corrected chi connectivity index (χ4v) is 3.42. The molecule has 0 radical (unpaired) electrons. The van der Waals surface area contributed by atoms with Gasteiger partial charge >= 0.3 is 0 Å². The second-order valence-electron chi connectivity index (χ2n) is 5.21. The Bertz CT molecular complexity index is 545. The molecule has 0 spiro atoms. The van der Waals surface area contributed by atoms with E-state index < -0.39 is 21.4 Å². The zero-order chi connectivity index (χ0) is 14.6. The molecule has 3 N–H and O–H groups in total. The summed E-state index contributed by atoms with van der Waals surface area (Å²) in [6.45, 7) is 1.21. The number of hydrogen-bond acceptors (Lipinski definition) is 4. The first-order valence-electron chi connectivity index (χ1n) is 6.53. The van der Waals surface area contributed by atoms with Gasteiger partial charge in [0.05, 0.1) is 11.4 Å². The van der Waals surface area contributed by atoms with Crippen LogP contribution in [0.1, 0.15) is 18.4 Å². The first-order valence-corrected chi connectivity index (χ1v) is 8.19. The molecule has 1 unspecified atom stereocenters. The highest BCUT2D eigenvalue weighted by Crippen LogP contribution is 2.15. The molecule has 1 saturated heterocycles. The van der Waals surface area contributed by atoms with Gasteiger partial charge in [0.2, 0.25) is 10.0 Å². The van der Waals surface area contributed by atoms with Gasteiger partial charge in [-0.25, -0.2) is 17.5 Å². The van der Waals surface area contributed by atoms with Gasteiger partial charge in [-0.3, -0.25) is 0 Å². The van der Waals surface area contributed by atoms with Crippen LogP contribution in [0.2, 0.25) is 0 Å². The smallest absolute Gasteiger partial charge is 0.215 e. The highest BCUT2D eigenvalue weighted by Gasteiger charge is 2.30. The molecule has 1 aliphatic heterocycles. The van der Waals surface area contributed by atoms with Gasteiger partial charge in [-0.05, 0) is 37.1 Å². The monoisotopic (exact) mass is 338 g/mol. The number of rotatable bonds is 5. The van der Waals surface area contributed by atoms with Crippen molar-refractivity contribution in [3.05, 3.63) is 35.6 Å². The average Bonchev–Trinajstić information content (AvgIpc) is 2.40. The van der Waals surface area contributed by atoms with E-state index in [-0.39, 0.29) is 24.7 Å². The Labute approximate surface area is 130 Å². The Morgan fingerprint density at radius 2 is 2.00 bits per heavy atom. The second kappa shape index (κ2) is 7.51. The summed E-state index contributed by atoms with van der Waals surface area (Å²) in [7, 11) is -3.55. The molecular weight excluding hydrogens is 319 g/mol. The molecule has 1 aromatic carbocycles. The molecule has 1 atom stereocenters. The van der Waals surface area contributed by atoms with Gasteiger partial charge in [0, 0.05) is 13.1 Å². The topological polar surface area (TPSA) is 78.4 Å². The summed E-state index contributed by atoms with van der Waals surface area (Å²) >= 11 is 0. The molecule has 21 heavy (non-hydrogen) atoms. The van der Waals surface area contributed by atoms with Crippen molar-refractivity contribution in [1.29, 1.82) is 0 Å². The summed E-state index contributed by atoms with van der Waals surface area (Å²) in [5, 5.41) is 13.2. The molecule has 5 nitrogen and oxygen atoms in total. The SMILES string of the molecule is Cl.O=S(=O)(Cc1ccc(F)cc1)NCC1(O)CCCNC1. The molecule has 0 aliphatic carbocycles. The lowest BCUT2D eigenvalue weighted by Crippen LogP contribution is -2.52. The maximum atomic E-state index is 12.8. The fraction of sp³-hybridized carbons (Fsp3) is 0.538. The zero-order valence-corrected chi connectivity index (χ0v) is 13.1. The third kappa shape index (κ3) is 5.88. The van der Waals surface area contributed by atoms with Gasteiger partial charge in [0.1, 0.15) is 5.82 Å². The van der Waals surface area contributed by atoms with Crippen molar-refractivity contribution in [2.75, 3.05) is 19.6 Å². The molecule has 120 valence electrons. The van der Waals surface area contributed by atoms with Crippen LogP contribution in [-0.2, 0) is 15.8 Å². The van der Waals surface area contributed by atoms with E-state index in [0.717, 1.165) is 13.0 Å². The van der Waals surface area contributed by atoms with Crippen molar-refractivity contribution in [2.45, 2.75) is 24.2 Å². The van der Waals surface area contributed by atoms with Crippen molar-refractivity contribution in [3.8, 4) is 0 Å². The van der Waals surface area contributed by atoms with Crippen LogP contribution in [0.3, 0.4) is 0 Å². The third-order valence-corrected chi connectivity index (χ3v) is 4.64. The number of β-amino-alcohol motifs (C(OH)–C–C–N with tert-alkyl or cyclic N) is 1. The van der Waals surface area contributed by atoms with E-state index in [9.17, 15) is 17.9 Å². The lowest BCUT2D eigenvalue weighted by atomic mass is 9.95. The summed E-state index contributed by atoms with van der Waals surface area (Å²) in [5.74, 6) is -0.627. The van der Waals surface area contributed by atoms with E-state index in [1.807, 2.05) is 0 Å². The minimum Gasteiger partial charge on any atom is -0.387 e. The maximum absolute atomic E-state index is 12.8. The molecule has 0 aromatic heterocycles. The van der Waals surface area contributed by atoms with Crippen LogP contribution in [0.25, 0.3) is 0 Å². The van der Waals surface area contributed by atoms with E-state index >= 15 is 0 Å². The predicted molar refractivity (Wildman–Crippen MR) is 81.3 cm³/mol.